The van der Waals surface area contributed by atoms with Crippen LogP contribution < -0.4 is 30.2 Å². The van der Waals surface area contributed by atoms with Crippen molar-refractivity contribution in [2.75, 3.05) is 19.2 Å². The molecule has 0 aliphatic carbocycles. The predicted molar refractivity (Wildman–Crippen MR) is 388 cm³/mol. The van der Waals surface area contributed by atoms with E-state index < -0.39 is 0 Å². The maximum absolute atomic E-state index is 4.80. The Hall–Kier alpha value is -10.5. The summed E-state index contributed by atoms with van der Waals surface area (Å²) in [5.74, 6) is 0.886. The molecule has 4 aliphatic heterocycles. The van der Waals surface area contributed by atoms with Crippen LogP contribution in [0.25, 0.3) is 76.9 Å². The molecule has 10 heterocycles. The third-order valence-electron chi connectivity index (χ3n) is 18.7. The van der Waals surface area contributed by atoms with E-state index in [-0.39, 0.29) is 54.2 Å². The summed E-state index contributed by atoms with van der Waals surface area (Å²) in [5, 5.41) is 16.1. The summed E-state index contributed by atoms with van der Waals surface area (Å²) in [4.78, 5) is 19.4. The zero-order chi connectivity index (χ0) is 63.0. The zero-order valence-electron chi connectivity index (χ0n) is 53.0. The minimum Gasteiger partial charge on any atom is -0.402 e. The van der Waals surface area contributed by atoms with Crippen LogP contribution in [0.5, 0.6) is 0 Å². The molecule has 4 aliphatic rings. The van der Waals surface area contributed by atoms with E-state index in [1.54, 1.807) is 0 Å². The number of benzene rings is 10. The van der Waals surface area contributed by atoms with Crippen LogP contribution in [0.3, 0.4) is 0 Å². The third kappa shape index (κ3) is 10.3. The minimum absolute atomic E-state index is 0. The number of para-hydroxylation sites is 8. The van der Waals surface area contributed by atoms with Gasteiger partial charge in [0.15, 0.2) is 0 Å². The fourth-order valence-electron chi connectivity index (χ4n) is 14.3. The third-order valence-corrected chi connectivity index (χ3v) is 18.7. The number of nitrogens with zero attached hydrogens (tertiary/aromatic N) is 10. The van der Waals surface area contributed by atoms with Crippen LogP contribution in [0.4, 0.5) is 45.5 Å². The number of fused-ring (bicyclic) bond motifs is 28. The van der Waals surface area contributed by atoms with Crippen molar-refractivity contribution in [2.45, 2.75) is 39.5 Å². The molecule has 0 spiro atoms. The van der Waals surface area contributed by atoms with E-state index in [0.717, 1.165) is 44.6 Å². The molecule has 0 saturated heterocycles. The molecule has 20 rings (SSSR count). The van der Waals surface area contributed by atoms with Crippen molar-refractivity contribution in [1.82, 2.24) is 29.2 Å². The van der Waals surface area contributed by atoms with Gasteiger partial charge in [0.05, 0.1) is 22.4 Å². The number of anilines is 8. The van der Waals surface area contributed by atoms with E-state index in [1.165, 1.54) is 99.9 Å². The van der Waals surface area contributed by atoms with Crippen LogP contribution in [0.15, 0.2) is 280 Å². The van der Waals surface area contributed by atoms with Gasteiger partial charge in [0.1, 0.15) is 0 Å². The largest absolute Gasteiger partial charge is 0.404 e. The molecule has 466 valence electrons. The van der Waals surface area contributed by atoms with Gasteiger partial charge in [-0.2, -0.15) is 58.7 Å². The van der Waals surface area contributed by atoms with Gasteiger partial charge in [0.2, 0.25) is 0 Å². The van der Waals surface area contributed by atoms with E-state index in [0.29, 0.717) is 11.8 Å². The maximum atomic E-state index is 4.80. The smallest absolute Gasteiger partial charge is 0.402 e. The van der Waals surface area contributed by atoms with E-state index in [1.807, 2.05) is 82.3 Å². The molecule has 6 aromatic heterocycles. The molecule has 0 amide bonds. The second kappa shape index (κ2) is 25.7. The standard InChI is InChI=1S/2C26H21BN3.2C15H9N2.2Ir/c2*1-18(2)19-14-15-21-25(17-19)30-24-13-7-6-12-23(24)29(20-9-4-3-5-10-20)27(30)22-11-8-16-28-26(21)22;2*1-2-6-13-11(5-1)12-7-3-4-8-14(12)17-15(13)9-10-16-17;;/h2*3-14,16-18H,1-2H3;2*1-7,9-10H;;/q4*-1;;. The summed E-state index contributed by atoms with van der Waals surface area (Å²) < 4.78 is 3.91. The summed E-state index contributed by atoms with van der Waals surface area (Å²) in [7, 11) is 0. The molecule has 2 radical (unpaired) electrons. The van der Waals surface area contributed by atoms with Crippen LogP contribution in [0.2, 0.25) is 0 Å². The molecule has 0 unspecified atom stereocenters. The minimum atomic E-state index is 0. The van der Waals surface area contributed by atoms with Gasteiger partial charge in [0, 0.05) is 87.7 Å². The molecule has 0 saturated carbocycles. The molecule has 0 bridgehead atoms. The topological polar surface area (TPSA) is 73.3 Å². The quantitative estimate of drug-likeness (QED) is 0.0980. The Morgan fingerprint density at radius 3 is 1.10 bits per heavy atom. The van der Waals surface area contributed by atoms with Crippen LogP contribution in [-0.2, 0) is 40.2 Å². The maximum Gasteiger partial charge on any atom is 0.404 e. The number of rotatable bonds is 4. The number of hydrogen-bond donors (Lipinski definition) is 0. The summed E-state index contributed by atoms with van der Waals surface area (Å²) in [6.07, 6.45) is 7.44. The van der Waals surface area contributed by atoms with Crippen LogP contribution in [-0.4, -0.2) is 43.2 Å². The first-order chi connectivity index (χ1) is 46.4. The van der Waals surface area contributed by atoms with Crippen LogP contribution in [0, 0.1) is 24.3 Å². The van der Waals surface area contributed by atoms with Crippen molar-refractivity contribution in [3.63, 3.8) is 0 Å². The molecular weight excluding hydrogens is 1530 g/mol. The van der Waals surface area contributed by atoms with Gasteiger partial charge in [-0.25, -0.2) is 0 Å². The fraction of sp³-hybridized carbons (Fsp3) is 0.0732. The summed E-state index contributed by atoms with van der Waals surface area (Å²) in [6.45, 7) is 8.98. The SMILES string of the molecule is CC(C)c1c[c-]c2c(c1)N1B(c3cccnc3-2)N(c2ccccc2)c2ccccc21.CC(C)c1c[c-]c2c(c1)N1B(c3cccnc3-2)N(c2ccccc2)c2ccccc21.[Ir].[Ir].[c-]1cccc2c3ccccc3c3ccnn3c12.[c-]1cccc2c3ccccc3c3ccnn3c12. The van der Waals surface area contributed by atoms with Gasteiger partial charge in [-0.3, -0.25) is 9.03 Å². The molecule has 0 N–H and O–H groups in total. The Balaban J connectivity index is 0.000000108. The van der Waals surface area contributed by atoms with Gasteiger partial charge in [-0.1, -0.05) is 183 Å². The van der Waals surface area contributed by atoms with Crippen molar-refractivity contribution in [3.8, 4) is 22.5 Å². The Morgan fingerprint density at radius 2 is 0.698 bits per heavy atom. The molecular formula is C82H60B2Ir2N10-4. The van der Waals surface area contributed by atoms with E-state index in [9.17, 15) is 0 Å². The molecule has 96 heavy (non-hydrogen) atoms. The summed E-state index contributed by atoms with van der Waals surface area (Å²) >= 11 is 0. The van der Waals surface area contributed by atoms with E-state index >= 15 is 0 Å². The average Bonchev–Trinajstić information content (AvgIpc) is 1.54. The Bertz CT molecular complexity index is 5090. The normalized spacial score (nSPS) is 12.7. The van der Waals surface area contributed by atoms with Gasteiger partial charge in [-0.05, 0) is 117 Å². The Kier molecular flexibility index (Phi) is 16.5. The van der Waals surface area contributed by atoms with E-state index in [2.05, 4.69) is 288 Å². The second-order valence-electron chi connectivity index (χ2n) is 24.7. The Labute approximate surface area is 586 Å². The van der Waals surface area contributed by atoms with Gasteiger partial charge in [-0.15, -0.1) is 69.4 Å². The molecule has 0 atom stereocenters. The molecule has 10 aromatic carbocycles. The van der Waals surface area contributed by atoms with E-state index in [4.69, 9.17) is 9.97 Å². The Morgan fingerprint density at radius 1 is 0.333 bits per heavy atom. The molecule has 14 heteroatoms. The van der Waals surface area contributed by atoms with Gasteiger partial charge in [0.25, 0.3) is 0 Å². The van der Waals surface area contributed by atoms with Crippen molar-refractivity contribution in [3.05, 3.63) is 315 Å². The first kappa shape index (κ1) is 61.7. The first-order valence-corrected chi connectivity index (χ1v) is 32.1. The first-order valence-electron chi connectivity index (χ1n) is 32.1. The number of hydrogen-bond acceptors (Lipinski definition) is 8. The summed E-state index contributed by atoms with van der Waals surface area (Å²) in [6, 6.07) is 103. The van der Waals surface area contributed by atoms with Crippen LogP contribution >= 0.6 is 0 Å². The monoisotopic (exact) mass is 1590 g/mol. The zero-order valence-corrected chi connectivity index (χ0v) is 57.8. The van der Waals surface area contributed by atoms with Crippen molar-refractivity contribution >= 4 is 125 Å². The number of pyridine rings is 4. The van der Waals surface area contributed by atoms with Crippen molar-refractivity contribution < 1.29 is 40.2 Å². The van der Waals surface area contributed by atoms with Gasteiger partial charge < -0.3 is 29.2 Å². The molecule has 16 aromatic rings. The fourth-order valence-corrected chi connectivity index (χ4v) is 14.3. The number of aromatic nitrogens is 6. The summed E-state index contributed by atoms with van der Waals surface area (Å²) in [5.41, 5.74) is 23.1. The second-order valence-corrected chi connectivity index (χ2v) is 24.7. The molecule has 10 nitrogen and oxygen atoms in total. The average molecular weight is 1590 g/mol. The predicted octanol–water partition coefficient (Wildman–Crippen LogP) is 18.2. The van der Waals surface area contributed by atoms with Crippen molar-refractivity contribution in [1.29, 1.82) is 0 Å². The van der Waals surface area contributed by atoms with Gasteiger partial charge >= 0.3 is 14.0 Å². The molecule has 0 fully saturated rings. The van der Waals surface area contributed by atoms with Crippen molar-refractivity contribution in [2.24, 2.45) is 0 Å². The van der Waals surface area contributed by atoms with Crippen LogP contribution in [0.1, 0.15) is 50.7 Å².